The molecule has 1 aliphatic rings. The molecule has 0 saturated heterocycles. The molecule has 0 spiro atoms. The van der Waals surface area contributed by atoms with E-state index in [0.29, 0.717) is 5.56 Å². The summed E-state index contributed by atoms with van der Waals surface area (Å²) in [4.78, 5) is 15.5. The second-order valence-corrected chi connectivity index (χ2v) is 3.75. The largest absolute Gasteiger partial charge is 0.434 e. The maximum Gasteiger partial charge on any atom is 0.340 e. The highest BCUT2D eigenvalue weighted by molar-refractivity contribution is 5.94. The van der Waals surface area contributed by atoms with Gasteiger partial charge >= 0.3 is 5.97 Å². The third-order valence-electron chi connectivity index (χ3n) is 2.67. The predicted octanol–water partition coefficient (Wildman–Crippen LogP) is 2.36. The summed E-state index contributed by atoms with van der Waals surface area (Å²) >= 11 is 0. The van der Waals surface area contributed by atoms with Crippen molar-refractivity contribution in [3.63, 3.8) is 0 Å². The van der Waals surface area contributed by atoms with Crippen molar-refractivity contribution in [2.24, 2.45) is 0 Å². The molecule has 4 nitrogen and oxygen atoms in total. The first-order chi connectivity index (χ1) is 8.34. The van der Waals surface area contributed by atoms with Gasteiger partial charge in [-0.2, -0.15) is 0 Å². The van der Waals surface area contributed by atoms with Crippen LogP contribution in [0, 0.1) is 0 Å². The Morgan fingerprint density at radius 3 is 2.71 bits per heavy atom. The molecule has 0 aliphatic carbocycles. The summed E-state index contributed by atoms with van der Waals surface area (Å²) < 4.78 is 5.27. The Morgan fingerprint density at radius 2 is 1.88 bits per heavy atom. The van der Waals surface area contributed by atoms with Gasteiger partial charge in [0.05, 0.1) is 5.56 Å². The van der Waals surface area contributed by atoms with E-state index in [2.05, 4.69) is 10.3 Å². The lowest BCUT2D eigenvalue weighted by Gasteiger charge is -2.13. The number of hydrogen-bond donors (Lipinski definition) is 1. The first-order valence-corrected chi connectivity index (χ1v) is 5.31. The van der Waals surface area contributed by atoms with E-state index in [0.717, 1.165) is 11.3 Å². The van der Waals surface area contributed by atoms with Crippen LogP contribution in [0.2, 0.25) is 0 Å². The summed E-state index contributed by atoms with van der Waals surface area (Å²) in [6.45, 7) is 0. The summed E-state index contributed by atoms with van der Waals surface area (Å²) in [5.74, 6) is -0.285. The van der Waals surface area contributed by atoms with Gasteiger partial charge in [-0.05, 0) is 18.2 Å². The molecule has 2 heterocycles. The Morgan fingerprint density at radius 1 is 1.12 bits per heavy atom. The van der Waals surface area contributed by atoms with Gasteiger partial charge in [-0.3, -0.25) is 4.98 Å². The quantitative estimate of drug-likeness (QED) is 0.799. The molecule has 1 atom stereocenters. The number of cyclic esters (lactones) is 1. The Labute approximate surface area is 98.3 Å². The number of ether oxygens (including phenoxy) is 1. The molecule has 84 valence electrons. The smallest absolute Gasteiger partial charge is 0.340 e. The van der Waals surface area contributed by atoms with Gasteiger partial charge < -0.3 is 10.1 Å². The minimum Gasteiger partial charge on any atom is -0.434 e. The number of rotatable bonds is 2. The van der Waals surface area contributed by atoms with Gasteiger partial charge in [0.25, 0.3) is 0 Å². The van der Waals surface area contributed by atoms with E-state index in [1.54, 1.807) is 18.5 Å². The molecule has 2 aromatic rings. The number of fused-ring (bicyclic) bond motifs is 1. The van der Waals surface area contributed by atoms with Crippen LogP contribution >= 0.6 is 0 Å². The van der Waals surface area contributed by atoms with Crippen LogP contribution in [0.5, 0.6) is 0 Å². The van der Waals surface area contributed by atoms with Crippen LogP contribution in [0.15, 0.2) is 48.8 Å². The van der Waals surface area contributed by atoms with Gasteiger partial charge in [0.2, 0.25) is 6.23 Å². The minimum absolute atomic E-state index is 0.285. The molecule has 1 N–H and O–H groups in total. The molecule has 1 aliphatic heterocycles. The molecule has 0 saturated carbocycles. The highest BCUT2D eigenvalue weighted by Gasteiger charge is 2.30. The lowest BCUT2D eigenvalue weighted by molar-refractivity contribution is 0.0437. The van der Waals surface area contributed by atoms with Crippen molar-refractivity contribution in [3.8, 4) is 0 Å². The summed E-state index contributed by atoms with van der Waals surface area (Å²) in [6.07, 6.45) is 2.96. The Kier molecular flexibility index (Phi) is 2.26. The number of pyridine rings is 1. The number of nitrogens with one attached hydrogen (secondary N) is 1. The second kappa shape index (κ2) is 3.90. The van der Waals surface area contributed by atoms with Gasteiger partial charge in [-0.1, -0.05) is 18.2 Å². The number of hydrogen-bond acceptors (Lipinski definition) is 4. The lowest BCUT2D eigenvalue weighted by Crippen LogP contribution is -2.10. The van der Waals surface area contributed by atoms with Gasteiger partial charge in [0.15, 0.2) is 0 Å². The fraction of sp³-hybridized carbons (Fsp3) is 0.0769. The summed E-state index contributed by atoms with van der Waals surface area (Å²) in [7, 11) is 0. The van der Waals surface area contributed by atoms with Gasteiger partial charge in [-0.25, -0.2) is 4.79 Å². The van der Waals surface area contributed by atoms with Crippen molar-refractivity contribution in [1.29, 1.82) is 0 Å². The van der Waals surface area contributed by atoms with Crippen LogP contribution in [-0.4, -0.2) is 11.0 Å². The van der Waals surface area contributed by atoms with E-state index in [4.69, 9.17) is 4.74 Å². The average Bonchev–Trinajstić information content (AvgIpc) is 2.69. The normalized spacial score (nSPS) is 17.4. The highest BCUT2D eigenvalue weighted by atomic mass is 16.6. The van der Waals surface area contributed by atoms with Crippen LogP contribution in [0.3, 0.4) is 0 Å². The first-order valence-electron chi connectivity index (χ1n) is 5.31. The van der Waals surface area contributed by atoms with Crippen molar-refractivity contribution in [2.45, 2.75) is 6.23 Å². The SMILES string of the molecule is O=C1OC(Nc2ccncc2)c2ccccc21. The number of aromatic nitrogens is 1. The van der Waals surface area contributed by atoms with Crippen molar-refractivity contribution in [3.05, 3.63) is 59.9 Å². The van der Waals surface area contributed by atoms with Gasteiger partial charge in [0, 0.05) is 23.6 Å². The van der Waals surface area contributed by atoms with Gasteiger partial charge in [-0.15, -0.1) is 0 Å². The minimum atomic E-state index is -0.416. The number of carbonyl (C=O) groups is 1. The van der Waals surface area contributed by atoms with Crippen LogP contribution in [-0.2, 0) is 4.74 Å². The Bertz CT molecular complexity index is 554. The number of anilines is 1. The third kappa shape index (κ3) is 1.73. The Balaban J connectivity index is 1.90. The second-order valence-electron chi connectivity index (χ2n) is 3.75. The predicted molar refractivity (Wildman–Crippen MR) is 62.5 cm³/mol. The van der Waals surface area contributed by atoms with E-state index >= 15 is 0 Å². The number of esters is 1. The first kappa shape index (κ1) is 9.84. The van der Waals surface area contributed by atoms with Crippen molar-refractivity contribution >= 4 is 11.7 Å². The molecular formula is C13H10N2O2. The van der Waals surface area contributed by atoms with Crippen LogP contribution in [0.1, 0.15) is 22.1 Å². The van der Waals surface area contributed by atoms with Crippen LogP contribution < -0.4 is 5.32 Å². The molecule has 0 amide bonds. The number of carbonyl (C=O) groups excluding carboxylic acids is 1. The lowest BCUT2D eigenvalue weighted by atomic mass is 10.1. The third-order valence-corrected chi connectivity index (χ3v) is 2.67. The summed E-state index contributed by atoms with van der Waals surface area (Å²) in [6, 6.07) is 11.0. The number of nitrogens with zero attached hydrogens (tertiary/aromatic N) is 1. The van der Waals surface area contributed by atoms with Crippen molar-refractivity contribution in [1.82, 2.24) is 4.98 Å². The molecule has 1 aromatic heterocycles. The van der Waals surface area contributed by atoms with Crippen molar-refractivity contribution < 1.29 is 9.53 Å². The Hall–Kier alpha value is -2.36. The van der Waals surface area contributed by atoms with Crippen molar-refractivity contribution in [2.75, 3.05) is 5.32 Å². The number of benzene rings is 1. The molecule has 4 heteroatoms. The zero-order valence-corrected chi connectivity index (χ0v) is 8.96. The maximum atomic E-state index is 11.6. The fourth-order valence-electron chi connectivity index (χ4n) is 1.85. The fourth-order valence-corrected chi connectivity index (χ4v) is 1.85. The summed E-state index contributed by atoms with van der Waals surface area (Å²) in [5.41, 5.74) is 2.36. The zero-order valence-electron chi connectivity index (χ0n) is 8.96. The van der Waals surface area contributed by atoms with E-state index in [1.165, 1.54) is 0 Å². The van der Waals surface area contributed by atoms with E-state index in [9.17, 15) is 4.79 Å². The molecular weight excluding hydrogens is 216 g/mol. The maximum absolute atomic E-state index is 11.6. The zero-order chi connectivity index (χ0) is 11.7. The molecule has 0 radical (unpaired) electrons. The summed E-state index contributed by atoms with van der Waals surface area (Å²) in [5, 5.41) is 3.14. The average molecular weight is 226 g/mol. The molecule has 1 aromatic carbocycles. The molecule has 0 bridgehead atoms. The molecule has 1 unspecified atom stereocenters. The monoisotopic (exact) mass is 226 g/mol. The highest BCUT2D eigenvalue weighted by Crippen LogP contribution is 2.30. The van der Waals surface area contributed by atoms with Crippen LogP contribution in [0.25, 0.3) is 0 Å². The standard InChI is InChI=1S/C13H10N2O2/c16-13-11-4-2-1-3-10(11)12(17-13)15-9-5-7-14-8-6-9/h1-8,12H,(H,14,15). The molecule has 17 heavy (non-hydrogen) atoms. The van der Waals surface area contributed by atoms with E-state index < -0.39 is 6.23 Å². The van der Waals surface area contributed by atoms with E-state index in [-0.39, 0.29) is 5.97 Å². The van der Waals surface area contributed by atoms with Gasteiger partial charge in [0.1, 0.15) is 0 Å². The van der Waals surface area contributed by atoms with Crippen LogP contribution in [0.4, 0.5) is 5.69 Å². The van der Waals surface area contributed by atoms with E-state index in [1.807, 2.05) is 30.3 Å². The topological polar surface area (TPSA) is 51.2 Å². The molecule has 0 fully saturated rings. The molecule has 3 rings (SSSR count).